The molecule has 0 aromatic carbocycles. The predicted molar refractivity (Wildman–Crippen MR) is 51.5 cm³/mol. The molecule has 1 rings (SSSR count). The van der Waals surface area contributed by atoms with Crippen molar-refractivity contribution >= 4 is 21.9 Å². The maximum absolute atomic E-state index is 11.0. The van der Waals surface area contributed by atoms with Crippen LogP contribution in [-0.4, -0.2) is 15.9 Å². The molecule has 1 N–H and O–H groups in total. The highest BCUT2D eigenvalue weighted by atomic mass is 79.9. The number of halogens is 1. The van der Waals surface area contributed by atoms with Gasteiger partial charge in [0.1, 0.15) is 0 Å². The van der Waals surface area contributed by atoms with Crippen molar-refractivity contribution in [1.82, 2.24) is 0 Å². The molecule has 3 heteroatoms. The lowest BCUT2D eigenvalue weighted by Crippen LogP contribution is -2.40. The zero-order valence-electron chi connectivity index (χ0n) is 7.51. The Balaban J connectivity index is 2.77. The zero-order valence-corrected chi connectivity index (χ0v) is 9.10. The fraction of sp³-hybridized carbons (Fsp3) is 0.889. The standard InChI is InChI=1S/C9H15BrO2/c1-6-3-4-7(10)5-9(6,2)8(11)12/h6-7H,3-5H2,1-2H3,(H,11,12). The first-order valence-electron chi connectivity index (χ1n) is 4.34. The van der Waals surface area contributed by atoms with Crippen LogP contribution >= 0.6 is 15.9 Å². The van der Waals surface area contributed by atoms with Gasteiger partial charge in [0.05, 0.1) is 5.41 Å². The average molecular weight is 235 g/mol. The van der Waals surface area contributed by atoms with Crippen molar-refractivity contribution in [3.05, 3.63) is 0 Å². The maximum atomic E-state index is 11.0. The van der Waals surface area contributed by atoms with Crippen LogP contribution in [0, 0.1) is 11.3 Å². The minimum atomic E-state index is -0.654. The molecule has 0 aromatic heterocycles. The highest BCUT2D eigenvalue weighted by Crippen LogP contribution is 2.43. The second kappa shape index (κ2) is 3.36. The summed E-state index contributed by atoms with van der Waals surface area (Å²) in [6.45, 7) is 3.89. The predicted octanol–water partition coefficient (Wildman–Crippen LogP) is 2.66. The van der Waals surface area contributed by atoms with Gasteiger partial charge in [-0.3, -0.25) is 4.79 Å². The molecule has 3 atom stereocenters. The Morgan fingerprint density at radius 3 is 2.58 bits per heavy atom. The summed E-state index contributed by atoms with van der Waals surface area (Å²) in [6.07, 6.45) is 2.87. The van der Waals surface area contributed by atoms with Gasteiger partial charge in [0.15, 0.2) is 0 Å². The van der Waals surface area contributed by atoms with Crippen molar-refractivity contribution in [3.63, 3.8) is 0 Å². The molecule has 0 amide bonds. The molecule has 1 saturated carbocycles. The topological polar surface area (TPSA) is 37.3 Å². The molecule has 0 radical (unpaired) electrons. The molecule has 0 spiro atoms. The fourth-order valence-electron chi connectivity index (χ4n) is 1.81. The second-order valence-electron chi connectivity index (χ2n) is 4.00. The Labute approximate surface area is 81.5 Å². The van der Waals surface area contributed by atoms with E-state index >= 15 is 0 Å². The van der Waals surface area contributed by atoms with E-state index in [9.17, 15) is 4.79 Å². The van der Waals surface area contributed by atoms with Crippen LogP contribution in [0.3, 0.4) is 0 Å². The molecular weight excluding hydrogens is 220 g/mol. The number of rotatable bonds is 1. The van der Waals surface area contributed by atoms with Gasteiger partial charge in [-0.2, -0.15) is 0 Å². The van der Waals surface area contributed by atoms with Crippen molar-refractivity contribution in [2.24, 2.45) is 11.3 Å². The van der Waals surface area contributed by atoms with Crippen LogP contribution < -0.4 is 0 Å². The van der Waals surface area contributed by atoms with E-state index < -0.39 is 11.4 Å². The molecule has 2 nitrogen and oxygen atoms in total. The number of carboxylic acids is 1. The Morgan fingerprint density at radius 2 is 2.17 bits per heavy atom. The lowest BCUT2D eigenvalue weighted by atomic mass is 9.68. The summed E-state index contributed by atoms with van der Waals surface area (Å²) in [5, 5.41) is 9.06. The Morgan fingerprint density at radius 1 is 1.58 bits per heavy atom. The number of alkyl halides is 1. The normalized spacial score (nSPS) is 42.6. The SMILES string of the molecule is CC1CCC(Br)CC1(C)C(=O)O. The quantitative estimate of drug-likeness (QED) is 0.709. The Hall–Kier alpha value is -0.0500. The molecule has 12 heavy (non-hydrogen) atoms. The molecule has 0 heterocycles. The zero-order chi connectivity index (χ0) is 9.35. The van der Waals surface area contributed by atoms with Gasteiger partial charge in [-0.25, -0.2) is 0 Å². The summed E-state index contributed by atoms with van der Waals surface area (Å²) in [5.74, 6) is -0.358. The molecule has 0 aliphatic heterocycles. The molecule has 0 saturated heterocycles. The van der Waals surface area contributed by atoms with Crippen LogP contribution in [0.5, 0.6) is 0 Å². The van der Waals surface area contributed by atoms with Gasteiger partial charge in [-0.1, -0.05) is 22.9 Å². The lowest BCUT2D eigenvalue weighted by Gasteiger charge is -2.38. The van der Waals surface area contributed by atoms with Crippen molar-refractivity contribution < 1.29 is 9.90 Å². The van der Waals surface area contributed by atoms with Crippen LogP contribution in [0.1, 0.15) is 33.1 Å². The van der Waals surface area contributed by atoms with Crippen LogP contribution in [0.15, 0.2) is 0 Å². The largest absolute Gasteiger partial charge is 0.481 e. The van der Waals surface area contributed by atoms with E-state index in [0.717, 1.165) is 19.3 Å². The first-order chi connectivity index (χ1) is 5.47. The van der Waals surface area contributed by atoms with Crippen LogP contribution in [0.4, 0.5) is 0 Å². The number of carbonyl (C=O) groups is 1. The molecule has 0 aromatic rings. The van der Waals surface area contributed by atoms with Crippen molar-refractivity contribution in [2.75, 3.05) is 0 Å². The summed E-state index contributed by atoms with van der Waals surface area (Å²) in [4.78, 5) is 11.4. The lowest BCUT2D eigenvalue weighted by molar-refractivity contribution is -0.152. The summed E-state index contributed by atoms with van der Waals surface area (Å²) in [7, 11) is 0. The van der Waals surface area contributed by atoms with Crippen LogP contribution in [-0.2, 0) is 4.79 Å². The van der Waals surface area contributed by atoms with E-state index in [0.29, 0.717) is 10.7 Å². The first kappa shape index (κ1) is 10.0. The molecule has 3 unspecified atom stereocenters. The second-order valence-corrected chi connectivity index (χ2v) is 5.30. The van der Waals surface area contributed by atoms with E-state index in [1.807, 2.05) is 13.8 Å². The van der Waals surface area contributed by atoms with E-state index in [4.69, 9.17) is 5.11 Å². The van der Waals surface area contributed by atoms with Crippen LogP contribution in [0.2, 0.25) is 0 Å². The maximum Gasteiger partial charge on any atom is 0.309 e. The van der Waals surface area contributed by atoms with Gasteiger partial charge in [0.2, 0.25) is 0 Å². The van der Waals surface area contributed by atoms with Gasteiger partial charge in [0, 0.05) is 4.83 Å². The number of carboxylic acid groups (broad SMARTS) is 1. The van der Waals surface area contributed by atoms with Gasteiger partial charge in [0.25, 0.3) is 0 Å². The first-order valence-corrected chi connectivity index (χ1v) is 5.26. The molecular formula is C9H15BrO2. The molecule has 1 fully saturated rings. The molecule has 0 bridgehead atoms. The van der Waals surface area contributed by atoms with E-state index in [2.05, 4.69) is 15.9 Å². The van der Waals surface area contributed by atoms with E-state index in [1.54, 1.807) is 0 Å². The highest BCUT2D eigenvalue weighted by molar-refractivity contribution is 9.09. The number of hydrogen-bond acceptors (Lipinski definition) is 1. The smallest absolute Gasteiger partial charge is 0.309 e. The number of aliphatic carboxylic acids is 1. The average Bonchev–Trinajstić information content (AvgIpc) is 1.97. The van der Waals surface area contributed by atoms with E-state index in [1.165, 1.54) is 0 Å². The van der Waals surface area contributed by atoms with Gasteiger partial charge >= 0.3 is 5.97 Å². The Kier molecular flexibility index (Phi) is 2.81. The highest BCUT2D eigenvalue weighted by Gasteiger charge is 2.43. The summed E-state index contributed by atoms with van der Waals surface area (Å²) >= 11 is 3.50. The fourth-order valence-corrected chi connectivity index (χ4v) is 2.75. The third-order valence-electron chi connectivity index (χ3n) is 3.13. The third-order valence-corrected chi connectivity index (χ3v) is 3.92. The summed E-state index contributed by atoms with van der Waals surface area (Å²) in [6, 6.07) is 0. The minimum absolute atomic E-state index is 0.295. The molecule has 1 aliphatic rings. The van der Waals surface area contributed by atoms with Gasteiger partial charge in [-0.15, -0.1) is 0 Å². The van der Waals surface area contributed by atoms with Crippen molar-refractivity contribution in [1.29, 1.82) is 0 Å². The summed E-state index contributed by atoms with van der Waals surface area (Å²) in [5.41, 5.74) is -0.521. The number of hydrogen-bond donors (Lipinski definition) is 1. The molecule has 1 aliphatic carbocycles. The van der Waals surface area contributed by atoms with Gasteiger partial charge < -0.3 is 5.11 Å². The van der Waals surface area contributed by atoms with Crippen LogP contribution in [0.25, 0.3) is 0 Å². The third kappa shape index (κ3) is 1.65. The Bertz CT molecular complexity index is 193. The van der Waals surface area contributed by atoms with Crippen molar-refractivity contribution in [2.45, 2.75) is 37.9 Å². The summed E-state index contributed by atoms with van der Waals surface area (Å²) < 4.78 is 0. The molecule has 70 valence electrons. The minimum Gasteiger partial charge on any atom is -0.481 e. The monoisotopic (exact) mass is 234 g/mol. The van der Waals surface area contributed by atoms with Crippen molar-refractivity contribution in [3.8, 4) is 0 Å². The van der Waals surface area contributed by atoms with Gasteiger partial charge in [-0.05, 0) is 32.1 Å². The van der Waals surface area contributed by atoms with E-state index in [-0.39, 0.29) is 0 Å².